The summed E-state index contributed by atoms with van der Waals surface area (Å²) in [5.74, 6) is 2.16. The van der Waals surface area contributed by atoms with Crippen molar-refractivity contribution in [3.63, 3.8) is 0 Å². The average molecular weight is 390 g/mol. The first-order valence-electron chi connectivity index (χ1n) is 7.91. The van der Waals surface area contributed by atoms with Gasteiger partial charge in [0.2, 0.25) is 5.91 Å². The molecule has 0 unspecified atom stereocenters. The van der Waals surface area contributed by atoms with E-state index in [-0.39, 0.29) is 5.91 Å². The van der Waals surface area contributed by atoms with Crippen LogP contribution in [0.15, 0.2) is 39.9 Å². The van der Waals surface area contributed by atoms with Gasteiger partial charge in [-0.15, -0.1) is 28.1 Å². The van der Waals surface area contributed by atoms with E-state index in [0.29, 0.717) is 17.4 Å². The number of hydrogen-bond donors (Lipinski definition) is 0. The van der Waals surface area contributed by atoms with Gasteiger partial charge in [-0.1, -0.05) is 17.8 Å². The Kier molecular flexibility index (Phi) is 5.58. The summed E-state index contributed by atoms with van der Waals surface area (Å²) >= 11 is 3.00. The number of carbonyl (C=O) groups is 1. The van der Waals surface area contributed by atoms with Gasteiger partial charge >= 0.3 is 0 Å². The lowest BCUT2D eigenvalue weighted by Gasteiger charge is -2.09. The van der Waals surface area contributed by atoms with Crippen LogP contribution in [0.1, 0.15) is 18.4 Å². The van der Waals surface area contributed by atoms with E-state index < -0.39 is 0 Å². The van der Waals surface area contributed by atoms with Gasteiger partial charge in [0.05, 0.1) is 17.5 Å². The van der Waals surface area contributed by atoms with E-state index in [9.17, 15) is 4.79 Å². The zero-order chi connectivity index (χ0) is 18.7. The number of nitrogens with zero attached hydrogens (tertiary/aromatic N) is 5. The number of aryl methyl sites for hydroxylation is 1. The zero-order valence-electron chi connectivity index (χ0n) is 14.8. The Morgan fingerprint density at radius 3 is 2.96 bits per heavy atom. The summed E-state index contributed by atoms with van der Waals surface area (Å²) in [6.07, 6.45) is 3.46. The van der Waals surface area contributed by atoms with Crippen LogP contribution in [0.3, 0.4) is 0 Å². The minimum absolute atomic E-state index is 0.0376. The molecular formula is C17H19N5O2S2. The van der Waals surface area contributed by atoms with Gasteiger partial charge in [0.15, 0.2) is 16.1 Å². The molecule has 0 bridgehead atoms. The van der Waals surface area contributed by atoms with Gasteiger partial charge in [-0.2, -0.15) is 0 Å². The topological polar surface area (TPSA) is 77.1 Å². The molecule has 3 heterocycles. The van der Waals surface area contributed by atoms with Gasteiger partial charge in [0.25, 0.3) is 0 Å². The largest absolute Gasteiger partial charge is 0.469 e. The molecule has 7 nitrogen and oxygen atoms in total. The fraction of sp³-hybridized carbons (Fsp3) is 0.294. The highest BCUT2D eigenvalue weighted by Gasteiger charge is 2.17. The molecule has 0 aliphatic rings. The van der Waals surface area contributed by atoms with Crippen LogP contribution in [0.5, 0.6) is 0 Å². The first-order chi connectivity index (χ1) is 12.5. The second-order valence-electron chi connectivity index (χ2n) is 5.58. The minimum atomic E-state index is -0.0376. The van der Waals surface area contributed by atoms with E-state index in [0.717, 1.165) is 28.0 Å². The van der Waals surface area contributed by atoms with Crippen LogP contribution in [0.2, 0.25) is 0 Å². The van der Waals surface area contributed by atoms with Crippen LogP contribution in [0, 0.1) is 6.92 Å². The van der Waals surface area contributed by atoms with Crippen LogP contribution >= 0.6 is 23.1 Å². The van der Waals surface area contributed by atoms with Gasteiger partial charge in [0.1, 0.15) is 5.76 Å². The normalized spacial score (nSPS) is 10.9. The Morgan fingerprint density at radius 1 is 1.50 bits per heavy atom. The van der Waals surface area contributed by atoms with Crippen LogP contribution in [-0.2, 0) is 17.1 Å². The van der Waals surface area contributed by atoms with Crippen molar-refractivity contribution in [3.8, 4) is 11.4 Å². The minimum Gasteiger partial charge on any atom is -0.469 e. The molecule has 0 atom stereocenters. The van der Waals surface area contributed by atoms with Crippen molar-refractivity contribution >= 4 is 34.1 Å². The highest BCUT2D eigenvalue weighted by molar-refractivity contribution is 7.98. The number of amides is 1. The standard InChI is InChI=1S/C17H19N5O2S2/c1-5-7-22-15(14-6-8-24-11(14)2)19-20-17(22)26-10-13-9-25-16(18-13)21(4)12(3)23/h5-6,8-9H,1,7,10H2,2-4H3. The molecule has 0 spiro atoms. The predicted octanol–water partition coefficient (Wildman–Crippen LogP) is 3.76. The SMILES string of the molecule is C=CCn1c(SCc2csc(N(C)C(C)=O)n2)nnc1-c1ccoc1C. The Bertz CT molecular complexity index is 927. The monoisotopic (exact) mass is 389 g/mol. The summed E-state index contributed by atoms with van der Waals surface area (Å²) in [5, 5.41) is 12.1. The van der Waals surface area contributed by atoms with Gasteiger partial charge in [-0.25, -0.2) is 4.98 Å². The average Bonchev–Trinajstić information content (AvgIpc) is 3.33. The molecule has 0 saturated heterocycles. The summed E-state index contributed by atoms with van der Waals surface area (Å²) in [7, 11) is 1.72. The summed E-state index contributed by atoms with van der Waals surface area (Å²) in [4.78, 5) is 17.5. The van der Waals surface area contributed by atoms with Crippen molar-refractivity contribution in [2.45, 2.75) is 31.3 Å². The third kappa shape index (κ3) is 3.73. The number of thiazole rings is 1. The van der Waals surface area contributed by atoms with Crippen LogP contribution < -0.4 is 4.90 Å². The van der Waals surface area contributed by atoms with Crippen molar-refractivity contribution in [1.29, 1.82) is 0 Å². The molecule has 1 amide bonds. The van der Waals surface area contributed by atoms with Crippen LogP contribution in [0.25, 0.3) is 11.4 Å². The Hall–Kier alpha value is -2.39. The number of aromatic nitrogens is 4. The molecule has 3 rings (SSSR count). The Morgan fingerprint density at radius 2 is 2.31 bits per heavy atom. The highest BCUT2D eigenvalue weighted by Crippen LogP contribution is 2.29. The van der Waals surface area contributed by atoms with Crippen molar-refractivity contribution in [1.82, 2.24) is 19.7 Å². The van der Waals surface area contributed by atoms with E-state index >= 15 is 0 Å². The second kappa shape index (κ2) is 7.88. The molecule has 0 aliphatic carbocycles. The fourth-order valence-electron chi connectivity index (χ4n) is 2.30. The van der Waals surface area contributed by atoms with Crippen molar-refractivity contribution < 1.29 is 9.21 Å². The van der Waals surface area contributed by atoms with E-state index in [1.165, 1.54) is 18.3 Å². The molecule has 0 saturated carbocycles. The number of allylic oxidation sites excluding steroid dienone is 1. The molecule has 136 valence electrons. The van der Waals surface area contributed by atoms with E-state index in [4.69, 9.17) is 4.42 Å². The van der Waals surface area contributed by atoms with Crippen molar-refractivity contribution in [3.05, 3.63) is 41.8 Å². The van der Waals surface area contributed by atoms with E-state index in [1.807, 2.05) is 29.0 Å². The maximum Gasteiger partial charge on any atom is 0.225 e. The summed E-state index contributed by atoms with van der Waals surface area (Å²) < 4.78 is 7.38. The maximum absolute atomic E-state index is 11.4. The lowest BCUT2D eigenvalue weighted by atomic mass is 10.2. The number of anilines is 1. The molecule has 0 aliphatic heterocycles. The summed E-state index contributed by atoms with van der Waals surface area (Å²) in [6.45, 7) is 7.84. The summed E-state index contributed by atoms with van der Waals surface area (Å²) in [6, 6.07) is 1.89. The van der Waals surface area contributed by atoms with Crippen molar-refractivity contribution in [2.75, 3.05) is 11.9 Å². The Labute approximate surface area is 159 Å². The van der Waals surface area contributed by atoms with Gasteiger partial charge in [-0.05, 0) is 13.0 Å². The van der Waals surface area contributed by atoms with Crippen LogP contribution in [-0.4, -0.2) is 32.7 Å². The highest BCUT2D eigenvalue weighted by atomic mass is 32.2. The van der Waals surface area contributed by atoms with Gasteiger partial charge in [0, 0.05) is 31.6 Å². The molecule has 0 aromatic carbocycles. The number of thioether (sulfide) groups is 1. The predicted molar refractivity (Wildman–Crippen MR) is 103 cm³/mol. The molecule has 26 heavy (non-hydrogen) atoms. The van der Waals surface area contributed by atoms with Crippen LogP contribution in [0.4, 0.5) is 5.13 Å². The molecule has 3 aromatic heterocycles. The maximum atomic E-state index is 11.4. The molecule has 0 fully saturated rings. The third-order valence-electron chi connectivity index (χ3n) is 3.78. The fourth-order valence-corrected chi connectivity index (χ4v) is 4.08. The van der Waals surface area contributed by atoms with E-state index in [2.05, 4.69) is 21.8 Å². The number of rotatable bonds is 7. The smallest absolute Gasteiger partial charge is 0.225 e. The molecule has 3 aromatic rings. The Balaban J connectivity index is 1.78. The number of hydrogen-bond acceptors (Lipinski definition) is 7. The third-order valence-corrected chi connectivity index (χ3v) is 5.74. The first-order valence-corrected chi connectivity index (χ1v) is 9.77. The molecule has 9 heteroatoms. The quantitative estimate of drug-likeness (QED) is 0.452. The first kappa shape index (κ1) is 18.4. The zero-order valence-corrected chi connectivity index (χ0v) is 16.4. The molecule has 0 radical (unpaired) electrons. The number of furan rings is 1. The lowest BCUT2D eigenvalue weighted by molar-refractivity contribution is -0.116. The van der Waals surface area contributed by atoms with Gasteiger partial charge in [-0.3, -0.25) is 14.3 Å². The summed E-state index contributed by atoms with van der Waals surface area (Å²) in [5.41, 5.74) is 1.82. The van der Waals surface area contributed by atoms with E-state index in [1.54, 1.807) is 30.0 Å². The molecular weight excluding hydrogens is 370 g/mol. The molecule has 0 N–H and O–H groups in total. The van der Waals surface area contributed by atoms with Gasteiger partial charge < -0.3 is 4.42 Å². The number of carbonyl (C=O) groups excluding carboxylic acids is 1. The second-order valence-corrected chi connectivity index (χ2v) is 7.36. The van der Waals surface area contributed by atoms with Crippen molar-refractivity contribution in [2.24, 2.45) is 0 Å². The lowest BCUT2D eigenvalue weighted by Crippen LogP contribution is -2.22.